The first kappa shape index (κ1) is 13.8. The third-order valence-corrected chi connectivity index (χ3v) is 4.08. The largest absolute Gasteiger partial charge is 0.370 e. The predicted molar refractivity (Wildman–Crippen MR) is 89.3 cm³/mol. The summed E-state index contributed by atoms with van der Waals surface area (Å²) in [6.07, 6.45) is 3.66. The van der Waals surface area contributed by atoms with Crippen LogP contribution in [0.15, 0.2) is 55.3 Å². The van der Waals surface area contributed by atoms with Gasteiger partial charge in [-0.15, -0.1) is 5.10 Å². The van der Waals surface area contributed by atoms with E-state index < -0.39 is 0 Å². The minimum atomic E-state index is 0.796. The van der Waals surface area contributed by atoms with Gasteiger partial charge < -0.3 is 4.90 Å². The van der Waals surface area contributed by atoms with E-state index in [9.17, 15) is 0 Å². The van der Waals surface area contributed by atoms with Gasteiger partial charge >= 0.3 is 0 Å². The molecule has 1 aromatic heterocycles. The molecule has 5 heteroatoms. The molecular formula is C16H17N4P. The zero-order chi connectivity index (χ0) is 15.0. The Morgan fingerprint density at radius 1 is 1.24 bits per heavy atom. The summed E-state index contributed by atoms with van der Waals surface area (Å²) < 4.78 is 1.74. The Kier molecular flexibility index (Phi) is 3.48. The molecule has 3 rings (SSSR count). The number of hydrogen-bond donors (Lipinski definition) is 0. The van der Waals surface area contributed by atoms with Crippen molar-refractivity contribution in [2.45, 2.75) is 6.54 Å². The van der Waals surface area contributed by atoms with Crippen LogP contribution in [0.25, 0.3) is 16.8 Å². The third kappa shape index (κ3) is 2.12. The van der Waals surface area contributed by atoms with Gasteiger partial charge in [-0.2, -0.15) is 0 Å². The first-order valence-corrected chi connectivity index (χ1v) is 7.18. The topological polar surface area (TPSA) is 34.0 Å². The minimum Gasteiger partial charge on any atom is -0.370 e. The van der Waals surface area contributed by atoms with Crippen LogP contribution in [0.4, 0.5) is 0 Å². The maximum Gasteiger partial charge on any atom is 0.123 e. The molecule has 0 saturated carbocycles. The number of rotatable bonds is 2. The fourth-order valence-electron chi connectivity index (χ4n) is 2.75. The average Bonchev–Trinajstić information content (AvgIpc) is 2.84. The van der Waals surface area contributed by atoms with E-state index in [4.69, 9.17) is 0 Å². The van der Waals surface area contributed by atoms with E-state index in [0.29, 0.717) is 0 Å². The van der Waals surface area contributed by atoms with Gasteiger partial charge in [-0.1, -0.05) is 48.7 Å². The van der Waals surface area contributed by atoms with Crippen LogP contribution in [0, 0.1) is 0 Å². The van der Waals surface area contributed by atoms with Gasteiger partial charge in [0.05, 0.1) is 0 Å². The monoisotopic (exact) mass is 296 g/mol. The van der Waals surface area contributed by atoms with E-state index in [1.165, 1.54) is 5.56 Å². The lowest BCUT2D eigenvalue weighted by Crippen LogP contribution is -2.19. The summed E-state index contributed by atoms with van der Waals surface area (Å²) in [4.78, 5) is 2.16. The summed E-state index contributed by atoms with van der Waals surface area (Å²) in [5.41, 5.74) is 6.14. The lowest BCUT2D eigenvalue weighted by molar-refractivity contribution is 0.426. The van der Waals surface area contributed by atoms with Crippen LogP contribution in [0.3, 0.4) is 0 Å². The summed E-state index contributed by atoms with van der Waals surface area (Å²) >= 11 is 0. The molecule has 0 saturated heterocycles. The lowest BCUT2D eigenvalue weighted by atomic mass is 9.96. The zero-order valence-electron chi connectivity index (χ0n) is 12.0. The van der Waals surface area contributed by atoms with Crippen LogP contribution in [-0.4, -0.2) is 26.7 Å². The fourth-order valence-corrected chi connectivity index (χ4v) is 3.06. The molecule has 2 aromatic rings. The maximum atomic E-state index is 4.33. The summed E-state index contributed by atoms with van der Waals surface area (Å²) in [6.45, 7) is 8.67. The maximum absolute atomic E-state index is 4.33. The molecule has 1 aliphatic heterocycles. The standard InChI is InChI=1S/C16H17N4P/c1-4-12-14(5-2)19(3)10-11-8-6-7-9-13(11)16-15(12)17-18-20(16)21/h4-9H,1-2,10,21H2,3H3/b14-12-. The van der Waals surface area contributed by atoms with E-state index in [2.05, 4.69) is 56.0 Å². The molecule has 0 spiro atoms. The molecule has 106 valence electrons. The smallest absolute Gasteiger partial charge is 0.123 e. The molecule has 4 nitrogen and oxygen atoms in total. The Morgan fingerprint density at radius 2 is 2.00 bits per heavy atom. The zero-order valence-corrected chi connectivity index (χ0v) is 13.1. The van der Waals surface area contributed by atoms with Crippen molar-refractivity contribution in [1.82, 2.24) is 19.7 Å². The van der Waals surface area contributed by atoms with Gasteiger partial charge in [-0.25, -0.2) is 4.45 Å². The van der Waals surface area contributed by atoms with Crippen LogP contribution >= 0.6 is 9.39 Å². The summed E-state index contributed by atoms with van der Waals surface area (Å²) in [6, 6.07) is 8.32. The fraction of sp³-hybridized carbons (Fsp3) is 0.125. The molecule has 21 heavy (non-hydrogen) atoms. The van der Waals surface area contributed by atoms with E-state index in [0.717, 1.165) is 34.8 Å². The second-order valence-corrected chi connectivity index (χ2v) is 5.44. The first-order chi connectivity index (χ1) is 10.2. The number of likely N-dealkylation sites (N-methyl/N-ethyl adjacent to an activating group) is 1. The van der Waals surface area contributed by atoms with E-state index >= 15 is 0 Å². The molecule has 2 heterocycles. The number of allylic oxidation sites excluding steroid dienone is 3. The number of aromatic nitrogens is 3. The molecule has 1 unspecified atom stereocenters. The molecule has 0 radical (unpaired) electrons. The lowest BCUT2D eigenvalue weighted by Gasteiger charge is -2.26. The predicted octanol–water partition coefficient (Wildman–Crippen LogP) is 3.11. The van der Waals surface area contributed by atoms with Crippen LogP contribution in [0.2, 0.25) is 0 Å². The van der Waals surface area contributed by atoms with Crippen LogP contribution in [0.1, 0.15) is 11.3 Å². The van der Waals surface area contributed by atoms with Gasteiger partial charge in [0, 0.05) is 30.4 Å². The van der Waals surface area contributed by atoms with E-state index in [-0.39, 0.29) is 0 Å². The molecule has 1 aliphatic rings. The third-order valence-electron chi connectivity index (χ3n) is 3.71. The normalized spacial score (nSPS) is 17.5. The van der Waals surface area contributed by atoms with Crippen LogP contribution < -0.4 is 0 Å². The average molecular weight is 296 g/mol. The number of fused-ring (bicyclic) bond motifs is 3. The van der Waals surface area contributed by atoms with Gasteiger partial charge in [-0.05, 0) is 21.0 Å². The highest BCUT2D eigenvalue weighted by molar-refractivity contribution is 7.14. The van der Waals surface area contributed by atoms with Crippen LogP contribution in [-0.2, 0) is 6.54 Å². The Bertz CT molecular complexity index is 757. The molecule has 0 fully saturated rings. The molecule has 0 N–H and O–H groups in total. The van der Waals surface area contributed by atoms with Crippen molar-refractivity contribution < 1.29 is 0 Å². The minimum absolute atomic E-state index is 0.796. The highest BCUT2D eigenvalue weighted by Gasteiger charge is 2.23. The van der Waals surface area contributed by atoms with Crippen molar-refractivity contribution in [3.63, 3.8) is 0 Å². The van der Waals surface area contributed by atoms with Gasteiger partial charge in [0.15, 0.2) is 0 Å². The Balaban J connectivity index is 2.40. The summed E-state index contributed by atoms with van der Waals surface area (Å²) in [5, 5.41) is 8.50. The molecule has 0 amide bonds. The van der Waals surface area contributed by atoms with E-state index in [1.807, 2.05) is 25.3 Å². The van der Waals surface area contributed by atoms with Crippen molar-refractivity contribution in [3.8, 4) is 11.3 Å². The van der Waals surface area contributed by atoms with Gasteiger partial charge in [0.25, 0.3) is 0 Å². The Morgan fingerprint density at radius 3 is 2.71 bits per heavy atom. The summed E-state index contributed by atoms with van der Waals surface area (Å²) in [5.74, 6) is 0. The van der Waals surface area contributed by atoms with Crippen molar-refractivity contribution in [3.05, 3.63) is 66.5 Å². The van der Waals surface area contributed by atoms with Crippen LogP contribution in [0.5, 0.6) is 0 Å². The van der Waals surface area contributed by atoms with Crippen molar-refractivity contribution in [2.24, 2.45) is 0 Å². The quantitative estimate of drug-likeness (QED) is 0.799. The number of nitrogens with zero attached hydrogens (tertiary/aromatic N) is 4. The second kappa shape index (κ2) is 5.30. The van der Waals surface area contributed by atoms with E-state index in [1.54, 1.807) is 4.45 Å². The number of hydrogen-bond acceptors (Lipinski definition) is 3. The Hall–Kier alpha value is -2.19. The molecule has 1 aromatic carbocycles. The molecule has 0 aliphatic carbocycles. The molecule has 0 bridgehead atoms. The highest BCUT2D eigenvalue weighted by Crippen LogP contribution is 2.36. The Labute approximate surface area is 126 Å². The first-order valence-electron chi connectivity index (χ1n) is 6.67. The van der Waals surface area contributed by atoms with Crippen molar-refractivity contribution in [1.29, 1.82) is 0 Å². The van der Waals surface area contributed by atoms with Gasteiger partial charge in [0.1, 0.15) is 11.4 Å². The van der Waals surface area contributed by atoms with Crippen molar-refractivity contribution >= 4 is 15.0 Å². The van der Waals surface area contributed by atoms with Gasteiger partial charge in [-0.3, -0.25) is 0 Å². The SMILES string of the molecule is C=C/C1=C(\C=C)N(C)Cc2ccccc2-c2c1nnn2P. The number of benzene rings is 1. The molecule has 1 atom stereocenters. The second-order valence-electron chi connectivity index (χ2n) is 4.95. The molecular weight excluding hydrogens is 279 g/mol. The summed E-state index contributed by atoms with van der Waals surface area (Å²) in [7, 11) is 4.65. The van der Waals surface area contributed by atoms with Crippen molar-refractivity contribution in [2.75, 3.05) is 7.05 Å². The highest BCUT2D eigenvalue weighted by atomic mass is 31.0. The van der Waals surface area contributed by atoms with Gasteiger partial charge in [0.2, 0.25) is 0 Å².